The molecule has 4 nitrogen and oxygen atoms in total. The molecule has 2 rings (SSSR count). The van der Waals surface area contributed by atoms with Crippen LogP contribution in [0.4, 0.5) is 0 Å². The normalized spacial score (nSPS) is 13.9. The van der Waals surface area contributed by atoms with Crippen molar-refractivity contribution in [3.05, 3.63) is 35.4 Å². The molecule has 1 aliphatic rings. The van der Waals surface area contributed by atoms with E-state index in [9.17, 15) is 14.7 Å². The van der Waals surface area contributed by atoms with Crippen molar-refractivity contribution in [3.8, 4) is 11.5 Å². The number of benzene rings is 1. The lowest BCUT2D eigenvalue weighted by molar-refractivity contribution is 0.0990. The maximum absolute atomic E-state index is 11.5. The van der Waals surface area contributed by atoms with Gasteiger partial charge >= 0.3 is 0 Å². The summed E-state index contributed by atoms with van der Waals surface area (Å²) >= 11 is 1.62. The van der Waals surface area contributed by atoms with E-state index in [-0.39, 0.29) is 28.4 Å². The highest BCUT2D eigenvalue weighted by Gasteiger charge is 2.26. The van der Waals surface area contributed by atoms with Gasteiger partial charge in [-0.15, -0.1) is 0 Å². The molecule has 0 fully saturated rings. The number of aromatic hydroxyl groups is 1. The van der Waals surface area contributed by atoms with Crippen LogP contribution in [0.1, 0.15) is 20.7 Å². The fraction of sp³-hybridized carbons (Fsp3) is 0. The summed E-state index contributed by atoms with van der Waals surface area (Å²) in [7, 11) is 0. The highest BCUT2D eigenvalue weighted by atomic mass is 127. The predicted octanol–water partition coefficient (Wildman–Crippen LogP) is 2.06. The van der Waals surface area contributed by atoms with Gasteiger partial charge < -0.3 is 8.17 Å². The Morgan fingerprint density at radius 2 is 1.67 bits per heavy atom. The van der Waals surface area contributed by atoms with E-state index in [1.165, 1.54) is 18.2 Å². The number of halogens is 1. The molecule has 76 valence electrons. The number of phenols is 1. The van der Waals surface area contributed by atoms with Gasteiger partial charge in [-0.25, -0.2) is 0 Å². The summed E-state index contributed by atoms with van der Waals surface area (Å²) in [4.78, 5) is 23.0. The van der Waals surface area contributed by atoms with Crippen molar-refractivity contribution in [1.82, 2.24) is 0 Å². The number of hydrogen-bond acceptors (Lipinski definition) is 4. The van der Waals surface area contributed by atoms with Gasteiger partial charge in [0.05, 0.1) is 11.1 Å². The Morgan fingerprint density at radius 3 is 2.27 bits per heavy atom. The lowest BCUT2D eigenvalue weighted by atomic mass is 9.93. The largest absolute Gasteiger partial charge is 0.507 e. The van der Waals surface area contributed by atoms with Crippen molar-refractivity contribution < 1.29 is 17.8 Å². The maximum atomic E-state index is 11.5. The average molecular weight is 316 g/mol. The highest BCUT2D eigenvalue weighted by molar-refractivity contribution is 14.1. The van der Waals surface area contributed by atoms with Crippen LogP contribution in [-0.4, -0.2) is 16.7 Å². The molecule has 0 heterocycles. The van der Waals surface area contributed by atoms with Crippen LogP contribution in [0.3, 0.4) is 0 Å². The zero-order valence-corrected chi connectivity index (χ0v) is 9.52. The van der Waals surface area contributed by atoms with Crippen LogP contribution in [0.15, 0.2) is 24.3 Å². The molecule has 0 aliphatic heterocycles. The maximum Gasteiger partial charge on any atom is 0.192 e. The van der Waals surface area contributed by atoms with Crippen LogP contribution >= 0.6 is 23.0 Å². The topological polar surface area (TPSA) is 63.6 Å². The average Bonchev–Trinajstić information content (AvgIpc) is 2.23. The molecule has 1 N–H and O–H groups in total. The fourth-order valence-corrected chi connectivity index (χ4v) is 1.82. The zero-order chi connectivity index (χ0) is 11.0. The van der Waals surface area contributed by atoms with Gasteiger partial charge in [0.1, 0.15) is 11.5 Å². The van der Waals surface area contributed by atoms with E-state index in [2.05, 4.69) is 0 Å². The molecule has 0 amide bonds. The van der Waals surface area contributed by atoms with Crippen molar-refractivity contribution >= 4 is 34.6 Å². The standard InChI is InChI=1S/C10H5IO4/c11-15-8-4-3-6(13)9-5(12)1-2-7(14)10(8)9/h1-4,13H. The van der Waals surface area contributed by atoms with E-state index in [0.29, 0.717) is 0 Å². The quantitative estimate of drug-likeness (QED) is 0.806. The van der Waals surface area contributed by atoms with Crippen molar-refractivity contribution in [2.24, 2.45) is 0 Å². The van der Waals surface area contributed by atoms with Gasteiger partial charge in [0, 0.05) is 0 Å². The summed E-state index contributed by atoms with van der Waals surface area (Å²) in [6.45, 7) is 0. The van der Waals surface area contributed by atoms with E-state index >= 15 is 0 Å². The number of hydrogen-bond donors (Lipinski definition) is 1. The van der Waals surface area contributed by atoms with Crippen molar-refractivity contribution in [2.75, 3.05) is 0 Å². The third-order valence-corrected chi connectivity index (χ3v) is 2.58. The van der Waals surface area contributed by atoms with E-state index in [0.717, 1.165) is 6.08 Å². The summed E-state index contributed by atoms with van der Waals surface area (Å²) in [6, 6.07) is 2.78. The smallest absolute Gasteiger partial charge is 0.192 e. The molecule has 0 aromatic heterocycles. The molecule has 5 heteroatoms. The second-order valence-electron chi connectivity index (χ2n) is 2.97. The van der Waals surface area contributed by atoms with Gasteiger partial charge in [-0.3, -0.25) is 9.59 Å². The molecule has 0 atom stereocenters. The Bertz CT molecular complexity index is 490. The summed E-state index contributed by atoms with van der Waals surface area (Å²) in [5.41, 5.74) is 0.133. The molecule has 0 saturated carbocycles. The summed E-state index contributed by atoms with van der Waals surface area (Å²) in [5.74, 6) is -0.652. The van der Waals surface area contributed by atoms with Gasteiger partial charge in [-0.05, 0) is 24.3 Å². The monoisotopic (exact) mass is 316 g/mol. The second kappa shape index (κ2) is 3.65. The number of ketones is 2. The summed E-state index contributed by atoms with van der Waals surface area (Å²) in [6.07, 6.45) is 2.31. The Kier molecular flexibility index (Phi) is 2.47. The van der Waals surface area contributed by atoms with Crippen molar-refractivity contribution in [1.29, 1.82) is 0 Å². The second-order valence-corrected chi connectivity index (χ2v) is 3.41. The molecule has 0 radical (unpaired) electrons. The summed E-state index contributed by atoms with van der Waals surface area (Å²) < 4.78 is 4.94. The van der Waals surface area contributed by atoms with Crippen LogP contribution in [-0.2, 0) is 0 Å². The lowest BCUT2D eigenvalue weighted by Gasteiger charge is -2.13. The van der Waals surface area contributed by atoms with E-state index in [1.807, 2.05) is 0 Å². The number of allylic oxidation sites excluding steroid dienone is 2. The van der Waals surface area contributed by atoms with Gasteiger partial charge in [-0.2, -0.15) is 0 Å². The molecule has 1 aromatic carbocycles. The third-order valence-electron chi connectivity index (χ3n) is 2.11. The lowest BCUT2D eigenvalue weighted by Crippen LogP contribution is -2.12. The first-order chi connectivity index (χ1) is 7.15. The molecule has 0 spiro atoms. The summed E-state index contributed by atoms with van der Waals surface area (Å²) in [5, 5.41) is 9.50. The van der Waals surface area contributed by atoms with Crippen LogP contribution in [0.25, 0.3) is 0 Å². The van der Waals surface area contributed by atoms with Gasteiger partial charge in [0.25, 0.3) is 0 Å². The number of phenolic OH excluding ortho intramolecular Hbond substituents is 1. The first-order valence-electron chi connectivity index (χ1n) is 4.06. The van der Waals surface area contributed by atoms with Crippen LogP contribution in [0.2, 0.25) is 0 Å². The molecule has 0 unspecified atom stereocenters. The minimum atomic E-state index is -0.391. The number of carbonyl (C=O) groups excluding carboxylic acids is 2. The van der Waals surface area contributed by atoms with Gasteiger partial charge in [0.2, 0.25) is 0 Å². The van der Waals surface area contributed by atoms with E-state index < -0.39 is 5.78 Å². The van der Waals surface area contributed by atoms with Crippen LogP contribution in [0, 0.1) is 0 Å². The molecule has 0 saturated heterocycles. The van der Waals surface area contributed by atoms with Crippen molar-refractivity contribution in [2.45, 2.75) is 0 Å². The Morgan fingerprint density at radius 1 is 1.07 bits per heavy atom. The Labute approximate surface area is 99.2 Å². The van der Waals surface area contributed by atoms with Crippen molar-refractivity contribution in [3.63, 3.8) is 0 Å². The van der Waals surface area contributed by atoms with Crippen LogP contribution in [0.5, 0.6) is 11.5 Å². The minimum Gasteiger partial charge on any atom is -0.507 e. The molecule has 1 aromatic rings. The molecular formula is C10H5IO4. The Hall–Kier alpha value is -1.37. The molecular weight excluding hydrogens is 311 g/mol. The third kappa shape index (κ3) is 1.52. The van der Waals surface area contributed by atoms with E-state index in [1.54, 1.807) is 23.0 Å². The minimum absolute atomic E-state index is 0.0108. The molecule has 1 aliphatic carbocycles. The first kappa shape index (κ1) is 10.2. The SMILES string of the molecule is O=C1C=CC(=O)c2c(OI)ccc(O)c21. The first-order valence-corrected chi connectivity index (χ1v) is 4.94. The van der Waals surface area contributed by atoms with Gasteiger partial charge in [0.15, 0.2) is 34.6 Å². The highest BCUT2D eigenvalue weighted by Crippen LogP contribution is 2.33. The van der Waals surface area contributed by atoms with Gasteiger partial charge in [-0.1, -0.05) is 0 Å². The molecule has 15 heavy (non-hydrogen) atoms. The fourth-order valence-electron chi connectivity index (χ4n) is 1.45. The Balaban J connectivity index is 2.78. The number of rotatable bonds is 1. The van der Waals surface area contributed by atoms with Crippen LogP contribution < -0.4 is 3.07 Å². The van der Waals surface area contributed by atoms with E-state index in [4.69, 9.17) is 3.07 Å². The molecule has 0 bridgehead atoms. The predicted molar refractivity (Wildman–Crippen MR) is 60.6 cm³/mol. The number of fused-ring (bicyclic) bond motifs is 1. The zero-order valence-electron chi connectivity index (χ0n) is 7.36. The number of carbonyl (C=O) groups is 2.